The Morgan fingerprint density at radius 2 is 1.91 bits per heavy atom. The molecule has 0 aliphatic rings. The minimum atomic E-state index is -0.409. The maximum atomic E-state index is 11.8. The highest BCUT2D eigenvalue weighted by molar-refractivity contribution is 6.30. The molecule has 0 unspecified atom stereocenters. The number of aromatic nitrogens is 6. The standard InChI is InChI=1S/C15H9ClN6O/c16-10-3-1-9(2-4-10)11-7-19-22-14(20-21-15(22)23)13(11)12-8-17-5-6-18-12/h1-8H,(H,21,23). The van der Waals surface area contributed by atoms with E-state index in [0.29, 0.717) is 21.9 Å². The van der Waals surface area contributed by atoms with Gasteiger partial charge in [0, 0.05) is 23.0 Å². The van der Waals surface area contributed by atoms with Crippen molar-refractivity contribution in [2.24, 2.45) is 0 Å². The van der Waals surface area contributed by atoms with Gasteiger partial charge in [-0.2, -0.15) is 14.7 Å². The van der Waals surface area contributed by atoms with Gasteiger partial charge in [-0.3, -0.25) is 9.97 Å². The fourth-order valence-corrected chi connectivity index (χ4v) is 2.52. The number of hydrogen-bond acceptors (Lipinski definition) is 5. The Hall–Kier alpha value is -3.06. The summed E-state index contributed by atoms with van der Waals surface area (Å²) in [5, 5.41) is 11.3. The summed E-state index contributed by atoms with van der Waals surface area (Å²) < 4.78 is 1.20. The number of rotatable bonds is 2. The summed E-state index contributed by atoms with van der Waals surface area (Å²) in [7, 11) is 0. The second-order valence-corrected chi connectivity index (χ2v) is 5.23. The van der Waals surface area contributed by atoms with Crippen LogP contribution in [0.2, 0.25) is 5.02 Å². The minimum Gasteiger partial charge on any atom is -0.261 e. The molecule has 0 radical (unpaired) electrons. The van der Waals surface area contributed by atoms with Crippen molar-refractivity contribution in [2.45, 2.75) is 0 Å². The molecule has 0 saturated carbocycles. The summed E-state index contributed by atoms with van der Waals surface area (Å²) in [6.45, 7) is 0. The van der Waals surface area contributed by atoms with E-state index in [4.69, 9.17) is 11.6 Å². The van der Waals surface area contributed by atoms with E-state index in [1.165, 1.54) is 4.52 Å². The van der Waals surface area contributed by atoms with Gasteiger partial charge in [0.05, 0.1) is 23.7 Å². The number of halogens is 1. The fourth-order valence-electron chi connectivity index (χ4n) is 2.39. The molecule has 3 heterocycles. The Labute approximate surface area is 134 Å². The quantitative estimate of drug-likeness (QED) is 0.610. The van der Waals surface area contributed by atoms with Crippen molar-refractivity contribution >= 4 is 17.2 Å². The topological polar surface area (TPSA) is 88.8 Å². The number of nitrogens with one attached hydrogen (secondary N) is 1. The molecule has 4 rings (SSSR count). The maximum absolute atomic E-state index is 11.8. The van der Waals surface area contributed by atoms with Crippen LogP contribution in [0.4, 0.5) is 0 Å². The maximum Gasteiger partial charge on any atom is 0.364 e. The molecule has 4 aromatic rings. The summed E-state index contributed by atoms with van der Waals surface area (Å²) in [5.41, 5.74) is 2.93. The molecule has 0 atom stereocenters. The van der Waals surface area contributed by atoms with Crippen LogP contribution in [0, 0.1) is 0 Å². The summed E-state index contributed by atoms with van der Waals surface area (Å²) in [4.78, 5) is 20.2. The molecule has 1 N–H and O–H groups in total. The van der Waals surface area contributed by atoms with Crippen molar-refractivity contribution in [3.8, 4) is 22.4 Å². The van der Waals surface area contributed by atoms with Crippen LogP contribution >= 0.6 is 11.6 Å². The number of benzene rings is 1. The molecule has 0 spiro atoms. The number of fused-ring (bicyclic) bond motifs is 1. The van der Waals surface area contributed by atoms with E-state index in [-0.39, 0.29) is 0 Å². The van der Waals surface area contributed by atoms with Crippen molar-refractivity contribution in [2.75, 3.05) is 0 Å². The zero-order valence-corrected chi connectivity index (χ0v) is 12.4. The third-order valence-corrected chi connectivity index (χ3v) is 3.67. The van der Waals surface area contributed by atoms with Gasteiger partial charge in [0.15, 0.2) is 5.65 Å². The molecular formula is C15H9ClN6O. The third-order valence-electron chi connectivity index (χ3n) is 3.42. The summed E-state index contributed by atoms with van der Waals surface area (Å²) in [5.74, 6) is 0. The first-order chi connectivity index (χ1) is 11.2. The Kier molecular flexibility index (Phi) is 3.13. The normalized spacial score (nSPS) is 11.0. The van der Waals surface area contributed by atoms with Gasteiger partial charge in [-0.25, -0.2) is 9.89 Å². The van der Waals surface area contributed by atoms with Crippen LogP contribution in [0.15, 0.2) is 53.8 Å². The molecule has 23 heavy (non-hydrogen) atoms. The van der Waals surface area contributed by atoms with Crippen LogP contribution in [-0.2, 0) is 0 Å². The SMILES string of the molecule is O=c1[nH]nc2c(-c3cnccn3)c(-c3ccc(Cl)cc3)cnn12. The Morgan fingerprint density at radius 3 is 2.65 bits per heavy atom. The predicted octanol–water partition coefficient (Wildman–Crippen LogP) is 2.19. The highest BCUT2D eigenvalue weighted by atomic mass is 35.5. The van der Waals surface area contributed by atoms with Crippen molar-refractivity contribution < 1.29 is 0 Å². The van der Waals surface area contributed by atoms with Crippen LogP contribution in [-0.4, -0.2) is 29.8 Å². The molecule has 1 aromatic carbocycles. The number of nitrogens with zero attached hydrogens (tertiary/aromatic N) is 5. The van der Waals surface area contributed by atoms with Crippen molar-refractivity contribution in [3.05, 3.63) is 64.6 Å². The van der Waals surface area contributed by atoms with E-state index in [1.807, 2.05) is 12.1 Å². The summed E-state index contributed by atoms with van der Waals surface area (Å²) in [6, 6.07) is 7.33. The van der Waals surface area contributed by atoms with Crippen molar-refractivity contribution in [1.29, 1.82) is 0 Å². The number of aromatic amines is 1. The molecule has 0 aliphatic heterocycles. The van der Waals surface area contributed by atoms with Crippen LogP contribution < -0.4 is 5.69 Å². The van der Waals surface area contributed by atoms with Crippen LogP contribution in [0.25, 0.3) is 28.0 Å². The van der Waals surface area contributed by atoms with Gasteiger partial charge in [-0.15, -0.1) is 0 Å². The zero-order chi connectivity index (χ0) is 15.8. The van der Waals surface area contributed by atoms with Crippen molar-refractivity contribution in [3.63, 3.8) is 0 Å². The monoisotopic (exact) mass is 324 g/mol. The lowest BCUT2D eigenvalue weighted by Gasteiger charge is -2.09. The van der Waals surface area contributed by atoms with Gasteiger partial charge in [0.1, 0.15) is 0 Å². The lowest BCUT2D eigenvalue weighted by Crippen LogP contribution is -2.12. The van der Waals surface area contributed by atoms with Gasteiger partial charge in [0.2, 0.25) is 0 Å². The Balaban J connectivity index is 2.08. The summed E-state index contributed by atoms with van der Waals surface area (Å²) in [6.07, 6.45) is 6.40. The molecule has 0 amide bonds. The molecule has 0 fully saturated rings. The predicted molar refractivity (Wildman–Crippen MR) is 85.1 cm³/mol. The van der Waals surface area contributed by atoms with E-state index in [0.717, 1.165) is 11.1 Å². The average Bonchev–Trinajstić information content (AvgIpc) is 2.97. The number of hydrogen-bond donors (Lipinski definition) is 1. The van der Waals surface area contributed by atoms with Gasteiger partial charge >= 0.3 is 5.69 Å². The number of H-pyrrole nitrogens is 1. The average molecular weight is 325 g/mol. The lowest BCUT2D eigenvalue weighted by molar-refractivity contribution is 0.881. The van der Waals surface area contributed by atoms with E-state index >= 15 is 0 Å². The molecule has 8 heteroatoms. The first kappa shape index (κ1) is 13.6. The van der Waals surface area contributed by atoms with Gasteiger partial charge < -0.3 is 0 Å². The van der Waals surface area contributed by atoms with Crippen LogP contribution in [0.5, 0.6) is 0 Å². The lowest BCUT2D eigenvalue weighted by atomic mass is 10.0. The van der Waals surface area contributed by atoms with Gasteiger partial charge in [-0.1, -0.05) is 23.7 Å². The Bertz CT molecular complexity index is 1040. The molecule has 0 bridgehead atoms. The van der Waals surface area contributed by atoms with E-state index in [2.05, 4.69) is 25.3 Å². The molecule has 7 nitrogen and oxygen atoms in total. The first-order valence-electron chi connectivity index (χ1n) is 6.73. The third kappa shape index (κ3) is 2.27. The van der Waals surface area contributed by atoms with Crippen LogP contribution in [0.1, 0.15) is 0 Å². The molecule has 0 aliphatic carbocycles. The molecule has 112 valence electrons. The first-order valence-corrected chi connectivity index (χ1v) is 7.10. The second-order valence-electron chi connectivity index (χ2n) is 4.79. The van der Waals surface area contributed by atoms with E-state index in [1.54, 1.807) is 36.9 Å². The zero-order valence-electron chi connectivity index (χ0n) is 11.6. The van der Waals surface area contributed by atoms with E-state index < -0.39 is 5.69 Å². The van der Waals surface area contributed by atoms with Gasteiger partial charge in [0.25, 0.3) is 0 Å². The largest absolute Gasteiger partial charge is 0.364 e. The van der Waals surface area contributed by atoms with Crippen LogP contribution in [0.3, 0.4) is 0 Å². The second kappa shape index (κ2) is 5.29. The Morgan fingerprint density at radius 1 is 1.09 bits per heavy atom. The van der Waals surface area contributed by atoms with Crippen molar-refractivity contribution in [1.82, 2.24) is 29.8 Å². The summed E-state index contributed by atoms with van der Waals surface area (Å²) >= 11 is 5.95. The smallest absolute Gasteiger partial charge is 0.261 e. The highest BCUT2D eigenvalue weighted by Crippen LogP contribution is 2.32. The fraction of sp³-hybridized carbons (Fsp3) is 0. The minimum absolute atomic E-state index is 0.392. The highest BCUT2D eigenvalue weighted by Gasteiger charge is 2.17. The molecular weight excluding hydrogens is 316 g/mol. The van der Waals surface area contributed by atoms with Gasteiger partial charge in [-0.05, 0) is 17.7 Å². The molecule has 0 saturated heterocycles. The van der Waals surface area contributed by atoms with E-state index in [9.17, 15) is 4.79 Å². The molecule has 3 aromatic heterocycles.